The molecular weight excluding hydrogens is 373 g/mol. The molecule has 0 saturated carbocycles. The fraction of sp³-hybridized carbons (Fsp3) is 0.143. The zero-order chi connectivity index (χ0) is 13.7. The lowest BCUT2D eigenvalue weighted by Crippen LogP contribution is -2.13. The number of para-hydroxylation sites is 1. The molecule has 0 radical (unpaired) electrons. The summed E-state index contributed by atoms with van der Waals surface area (Å²) >= 11 is 3.57. The number of thiophene rings is 1. The van der Waals surface area contributed by atoms with Crippen molar-refractivity contribution < 1.29 is 9.59 Å². The van der Waals surface area contributed by atoms with Gasteiger partial charge in [-0.05, 0) is 46.2 Å². The summed E-state index contributed by atoms with van der Waals surface area (Å²) < 4.78 is 0.984. The number of anilines is 1. The zero-order valence-electron chi connectivity index (χ0n) is 10.1. The Labute approximate surface area is 129 Å². The number of carbonyl (C=O) groups is 2. The Morgan fingerprint density at radius 1 is 1.11 bits per heavy atom. The van der Waals surface area contributed by atoms with Crippen LogP contribution in [0.3, 0.4) is 0 Å². The van der Waals surface area contributed by atoms with Crippen LogP contribution in [0.2, 0.25) is 0 Å². The Bertz CT molecular complexity index is 581. The lowest BCUT2D eigenvalue weighted by Gasteiger charge is -2.06. The number of rotatable bonds is 5. The van der Waals surface area contributed by atoms with Crippen molar-refractivity contribution >= 4 is 51.3 Å². The van der Waals surface area contributed by atoms with Crippen molar-refractivity contribution in [2.45, 2.75) is 12.8 Å². The first-order chi connectivity index (χ1) is 9.16. The van der Waals surface area contributed by atoms with E-state index in [-0.39, 0.29) is 24.5 Å². The third kappa shape index (κ3) is 4.14. The molecule has 0 aliphatic carbocycles. The van der Waals surface area contributed by atoms with E-state index in [1.54, 1.807) is 6.07 Å². The second kappa shape index (κ2) is 6.81. The minimum absolute atomic E-state index is 0.0212. The van der Waals surface area contributed by atoms with Gasteiger partial charge < -0.3 is 5.32 Å². The molecule has 1 N–H and O–H groups in total. The third-order valence-corrected chi connectivity index (χ3v) is 4.37. The van der Waals surface area contributed by atoms with Crippen LogP contribution in [0, 0.1) is 3.57 Å². The van der Waals surface area contributed by atoms with E-state index in [0.29, 0.717) is 4.88 Å². The zero-order valence-corrected chi connectivity index (χ0v) is 13.0. The molecule has 0 aliphatic heterocycles. The maximum Gasteiger partial charge on any atom is 0.224 e. The average molecular weight is 385 g/mol. The van der Waals surface area contributed by atoms with Crippen LogP contribution in [0.15, 0.2) is 41.8 Å². The molecule has 98 valence electrons. The Hall–Kier alpha value is -1.21. The topological polar surface area (TPSA) is 46.2 Å². The van der Waals surface area contributed by atoms with Crippen LogP contribution in [0.1, 0.15) is 22.5 Å². The first-order valence-corrected chi connectivity index (χ1v) is 7.74. The van der Waals surface area contributed by atoms with Gasteiger partial charge in [0.1, 0.15) is 0 Å². The first kappa shape index (κ1) is 14.2. The van der Waals surface area contributed by atoms with Crippen molar-refractivity contribution in [2.75, 3.05) is 5.32 Å². The second-order valence-electron chi connectivity index (χ2n) is 3.93. The SMILES string of the molecule is O=C(CCC(=O)c1cccs1)Nc1ccccc1I. The normalized spacial score (nSPS) is 10.2. The molecule has 0 spiro atoms. The van der Waals surface area contributed by atoms with Gasteiger partial charge in [0.15, 0.2) is 5.78 Å². The molecule has 0 fully saturated rings. The van der Waals surface area contributed by atoms with Gasteiger partial charge in [0, 0.05) is 16.4 Å². The first-order valence-electron chi connectivity index (χ1n) is 5.78. The molecule has 1 heterocycles. The summed E-state index contributed by atoms with van der Waals surface area (Å²) in [6.45, 7) is 0. The van der Waals surface area contributed by atoms with Gasteiger partial charge in [0.2, 0.25) is 5.91 Å². The number of hydrogen-bond acceptors (Lipinski definition) is 3. The Morgan fingerprint density at radius 2 is 1.89 bits per heavy atom. The molecule has 2 aromatic rings. The van der Waals surface area contributed by atoms with E-state index >= 15 is 0 Å². The Kier molecular flexibility index (Phi) is 5.09. The van der Waals surface area contributed by atoms with Gasteiger partial charge in [-0.3, -0.25) is 9.59 Å². The number of carbonyl (C=O) groups excluding carboxylic acids is 2. The van der Waals surface area contributed by atoms with Crippen LogP contribution in [0.25, 0.3) is 0 Å². The van der Waals surface area contributed by atoms with Gasteiger partial charge in [-0.1, -0.05) is 18.2 Å². The number of amides is 1. The summed E-state index contributed by atoms with van der Waals surface area (Å²) in [5.41, 5.74) is 0.789. The van der Waals surface area contributed by atoms with Crippen molar-refractivity contribution in [1.29, 1.82) is 0 Å². The van der Waals surface area contributed by atoms with Gasteiger partial charge in [0.05, 0.1) is 10.6 Å². The van der Waals surface area contributed by atoms with Gasteiger partial charge in [-0.2, -0.15) is 0 Å². The Balaban J connectivity index is 1.86. The van der Waals surface area contributed by atoms with E-state index in [1.165, 1.54) is 11.3 Å². The molecule has 5 heteroatoms. The Morgan fingerprint density at radius 3 is 2.58 bits per heavy atom. The quantitative estimate of drug-likeness (QED) is 0.626. The molecule has 0 saturated heterocycles. The summed E-state index contributed by atoms with van der Waals surface area (Å²) in [6.07, 6.45) is 0.456. The van der Waals surface area contributed by atoms with E-state index in [2.05, 4.69) is 27.9 Å². The lowest BCUT2D eigenvalue weighted by atomic mass is 10.2. The summed E-state index contributed by atoms with van der Waals surface area (Å²) in [5, 5.41) is 4.68. The highest BCUT2D eigenvalue weighted by atomic mass is 127. The minimum Gasteiger partial charge on any atom is -0.325 e. The van der Waals surface area contributed by atoms with Crippen LogP contribution in [0.5, 0.6) is 0 Å². The molecule has 2 rings (SSSR count). The molecule has 0 aliphatic rings. The number of Topliss-reactive ketones (excluding diaryl/α,β-unsaturated/α-hetero) is 1. The van der Waals surface area contributed by atoms with Gasteiger partial charge in [0.25, 0.3) is 0 Å². The molecule has 3 nitrogen and oxygen atoms in total. The van der Waals surface area contributed by atoms with Crippen molar-refractivity contribution in [2.24, 2.45) is 0 Å². The monoisotopic (exact) mass is 385 g/mol. The number of hydrogen-bond donors (Lipinski definition) is 1. The summed E-state index contributed by atoms with van der Waals surface area (Å²) in [6, 6.07) is 11.2. The van der Waals surface area contributed by atoms with Crippen LogP contribution in [-0.4, -0.2) is 11.7 Å². The van der Waals surface area contributed by atoms with Crippen LogP contribution in [0.4, 0.5) is 5.69 Å². The fourth-order valence-corrected chi connectivity index (χ4v) is 2.78. The van der Waals surface area contributed by atoms with E-state index in [4.69, 9.17) is 0 Å². The van der Waals surface area contributed by atoms with E-state index in [1.807, 2.05) is 35.7 Å². The molecule has 1 aromatic heterocycles. The lowest BCUT2D eigenvalue weighted by molar-refractivity contribution is -0.116. The molecule has 0 unspecified atom stereocenters. The number of benzene rings is 1. The van der Waals surface area contributed by atoms with E-state index in [9.17, 15) is 9.59 Å². The van der Waals surface area contributed by atoms with Crippen LogP contribution < -0.4 is 5.32 Å². The standard InChI is InChI=1S/C14H12INO2S/c15-10-4-1-2-5-11(10)16-14(18)8-7-12(17)13-6-3-9-19-13/h1-6,9H,7-8H2,(H,16,18). The minimum atomic E-state index is -0.131. The van der Waals surface area contributed by atoms with Crippen molar-refractivity contribution in [3.8, 4) is 0 Å². The van der Waals surface area contributed by atoms with Gasteiger partial charge >= 0.3 is 0 Å². The third-order valence-electron chi connectivity index (χ3n) is 2.52. The fourth-order valence-electron chi connectivity index (χ4n) is 1.56. The smallest absolute Gasteiger partial charge is 0.224 e. The highest BCUT2D eigenvalue weighted by Crippen LogP contribution is 2.18. The largest absolute Gasteiger partial charge is 0.325 e. The highest BCUT2D eigenvalue weighted by Gasteiger charge is 2.10. The highest BCUT2D eigenvalue weighted by molar-refractivity contribution is 14.1. The van der Waals surface area contributed by atoms with Gasteiger partial charge in [-0.25, -0.2) is 0 Å². The maximum atomic E-state index is 11.8. The summed E-state index contributed by atoms with van der Waals surface area (Å²) in [5.74, 6) is -0.109. The second-order valence-corrected chi connectivity index (χ2v) is 6.04. The molecule has 0 bridgehead atoms. The van der Waals surface area contributed by atoms with Crippen molar-refractivity contribution in [3.05, 3.63) is 50.2 Å². The van der Waals surface area contributed by atoms with Crippen LogP contribution >= 0.6 is 33.9 Å². The van der Waals surface area contributed by atoms with Crippen molar-refractivity contribution in [3.63, 3.8) is 0 Å². The van der Waals surface area contributed by atoms with Crippen molar-refractivity contribution in [1.82, 2.24) is 0 Å². The average Bonchev–Trinajstić information content (AvgIpc) is 2.93. The van der Waals surface area contributed by atoms with E-state index in [0.717, 1.165) is 9.26 Å². The van der Waals surface area contributed by atoms with Gasteiger partial charge in [-0.15, -0.1) is 11.3 Å². The molecule has 19 heavy (non-hydrogen) atoms. The van der Waals surface area contributed by atoms with Crippen LogP contribution in [-0.2, 0) is 4.79 Å². The van der Waals surface area contributed by atoms with E-state index < -0.39 is 0 Å². The predicted molar refractivity (Wildman–Crippen MR) is 85.7 cm³/mol. The summed E-state index contributed by atoms with van der Waals surface area (Å²) in [7, 11) is 0. The summed E-state index contributed by atoms with van der Waals surface area (Å²) in [4.78, 5) is 24.2. The molecular formula is C14H12INO2S. The number of halogens is 1. The maximum absolute atomic E-state index is 11.8. The molecule has 1 aromatic carbocycles. The predicted octanol–water partition coefficient (Wildman–Crippen LogP) is 3.95. The number of ketones is 1. The number of nitrogens with one attached hydrogen (secondary N) is 1. The molecule has 1 amide bonds. The molecule has 0 atom stereocenters.